The molecule has 3 rings (SSSR count). The van der Waals surface area contributed by atoms with Gasteiger partial charge in [-0.15, -0.1) is 0 Å². The number of carbonyl (C=O) groups is 1. The smallest absolute Gasteiger partial charge is 0.337 e. The first-order valence-electron chi connectivity index (χ1n) is 6.68. The number of halogens is 2. The van der Waals surface area contributed by atoms with Crippen LogP contribution in [-0.2, 0) is 4.74 Å². The predicted octanol–water partition coefficient (Wildman–Crippen LogP) is 4.07. The molecular formula is C17H11F2NO3. The third kappa shape index (κ3) is 2.96. The monoisotopic (exact) mass is 315 g/mol. The van der Waals surface area contributed by atoms with Gasteiger partial charge in [-0.05, 0) is 36.4 Å². The Bertz CT molecular complexity index is 857. The fourth-order valence-electron chi connectivity index (χ4n) is 2.09. The van der Waals surface area contributed by atoms with E-state index in [2.05, 4.69) is 9.72 Å². The van der Waals surface area contributed by atoms with E-state index < -0.39 is 17.6 Å². The number of nitrogens with zero attached hydrogens (tertiary/aromatic N) is 1. The predicted molar refractivity (Wildman–Crippen MR) is 78.6 cm³/mol. The number of hydrogen-bond acceptors (Lipinski definition) is 4. The van der Waals surface area contributed by atoms with Gasteiger partial charge in [0.25, 0.3) is 0 Å². The van der Waals surface area contributed by atoms with Crippen LogP contribution in [0.5, 0.6) is 0 Å². The number of carbonyl (C=O) groups excluding carboxylic acids is 1. The maximum Gasteiger partial charge on any atom is 0.337 e. The fraction of sp³-hybridized carbons (Fsp3) is 0.0588. The van der Waals surface area contributed by atoms with E-state index in [1.807, 2.05) is 0 Å². The summed E-state index contributed by atoms with van der Waals surface area (Å²) in [7, 11) is 1.30. The molecule has 3 aromatic rings. The van der Waals surface area contributed by atoms with E-state index in [9.17, 15) is 13.6 Å². The lowest BCUT2D eigenvalue weighted by molar-refractivity contribution is 0.0600. The van der Waals surface area contributed by atoms with Crippen LogP contribution in [0.2, 0.25) is 0 Å². The topological polar surface area (TPSA) is 52.3 Å². The van der Waals surface area contributed by atoms with Crippen molar-refractivity contribution in [3.8, 4) is 22.8 Å². The van der Waals surface area contributed by atoms with Crippen LogP contribution in [-0.4, -0.2) is 18.1 Å². The minimum Gasteiger partial charge on any atom is -0.465 e. The second-order valence-corrected chi connectivity index (χ2v) is 4.72. The highest BCUT2D eigenvalue weighted by molar-refractivity contribution is 5.89. The largest absolute Gasteiger partial charge is 0.465 e. The summed E-state index contributed by atoms with van der Waals surface area (Å²) < 4.78 is 36.8. The molecule has 116 valence electrons. The van der Waals surface area contributed by atoms with Crippen molar-refractivity contribution in [2.75, 3.05) is 7.11 Å². The maximum atomic E-state index is 13.7. The van der Waals surface area contributed by atoms with Gasteiger partial charge in [0.2, 0.25) is 5.89 Å². The number of aromatic nitrogens is 1. The van der Waals surface area contributed by atoms with Gasteiger partial charge in [-0.2, -0.15) is 0 Å². The van der Waals surface area contributed by atoms with Crippen LogP contribution >= 0.6 is 0 Å². The Labute approximate surface area is 130 Å². The quantitative estimate of drug-likeness (QED) is 0.684. The Balaban J connectivity index is 1.91. The molecule has 0 fully saturated rings. The molecule has 0 aliphatic heterocycles. The van der Waals surface area contributed by atoms with E-state index >= 15 is 0 Å². The molecule has 0 radical (unpaired) electrons. The third-order valence-electron chi connectivity index (χ3n) is 3.26. The molecule has 0 N–H and O–H groups in total. The summed E-state index contributed by atoms with van der Waals surface area (Å²) in [6, 6.07) is 9.64. The van der Waals surface area contributed by atoms with Gasteiger partial charge in [-0.3, -0.25) is 0 Å². The van der Waals surface area contributed by atoms with Crippen molar-refractivity contribution in [3.63, 3.8) is 0 Å². The lowest BCUT2D eigenvalue weighted by Gasteiger charge is -2.01. The first-order chi connectivity index (χ1) is 11.1. The van der Waals surface area contributed by atoms with Crippen LogP contribution in [0.1, 0.15) is 10.4 Å². The van der Waals surface area contributed by atoms with Crippen molar-refractivity contribution in [2.45, 2.75) is 0 Å². The molecule has 2 aromatic carbocycles. The molecule has 23 heavy (non-hydrogen) atoms. The van der Waals surface area contributed by atoms with Gasteiger partial charge in [-0.25, -0.2) is 18.6 Å². The number of ether oxygens (including phenoxy) is 1. The molecule has 0 aliphatic carbocycles. The zero-order valence-corrected chi connectivity index (χ0v) is 12.0. The SMILES string of the molecule is COC(=O)c1ccc(-c2ncc(-c3ccc(F)cc3F)o2)cc1. The summed E-state index contributed by atoms with van der Waals surface area (Å²) in [5, 5.41) is 0. The number of esters is 1. The molecule has 0 bridgehead atoms. The maximum absolute atomic E-state index is 13.7. The van der Waals surface area contributed by atoms with Crippen molar-refractivity contribution >= 4 is 5.97 Å². The molecule has 6 heteroatoms. The van der Waals surface area contributed by atoms with Gasteiger partial charge in [0.05, 0.1) is 24.4 Å². The zero-order valence-electron chi connectivity index (χ0n) is 12.0. The van der Waals surface area contributed by atoms with Crippen molar-refractivity contribution < 1.29 is 22.7 Å². The van der Waals surface area contributed by atoms with Gasteiger partial charge < -0.3 is 9.15 Å². The third-order valence-corrected chi connectivity index (χ3v) is 3.26. The molecule has 1 heterocycles. The number of oxazole rings is 1. The van der Waals surface area contributed by atoms with Crippen molar-refractivity contribution in [3.05, 3.63) is 65.9 Å². The molecule has 4 nitrogen and oxygen atoms in total. The van der Waals surface area contributed by atoms with Crippen LogP contribution in [0, 0.1) is 11.6 Å². The normalized spacial score (nSPS) is 10.6. The summed E-state index contributed by atoms with van der Waals surface area (Å²) >= 11 is 0. The average molecular weight is 315 g/mol. The molecule has 0 aliphatic rings. The highest BCUT2D eigenvalue weighted by Gasteiger charge is 2.13. The van der Waals surface area contributed by atoms with Crippen LogP contribution in [0.4, 0.5) is 8.78 Å². The molecule has 0 saturated carbocycles. The fourth-order valence-corrected chi connectivity index (χ4v) is 2.09. The van der Waals surface area contributed by atoms with E-state index in [1.54, 1.807) is 24.3 Å². The van der Waals surface area contributed by atoms with Crippen LogP contribution in [0.25, 0.3) is 22.8 Å². The number of benzene rings is 2. The average Bonchev–Trinajstić information content (AvgIpc) is 3.04. The summed E-state index contributed by atoms with van der Waals surface area (Å²) in [5.74, 6) is -1.38. The second kappa shape index (κ2) is 6.00. The standard InChI is InChI=1S/C17H11F2NO3/c1-22-17(21)11-4-2-10(3-5-11)16-20-9-15(23-16)13-7-6-12(18)8-14(13)19/h2-9H,1H3. The van der Waals surface area contributed by atoms with Crippen molar-refractivity contribution in [1.82, 2.24) is 4.98 Å². The molecule has 0 unspecified atom stereocenters. The van der Waals surface area contributed by atoms with E-state index in [0.29, 0.717) is 11.1 Å². The molecule has 0 saturated heterocycles. The van der Waals surface area contributed by atoms with Crippen molar-refractivity contribution in [2.24, 2.45) is 0 Å². The number of rotatable bonds is 3. The highest BCUT2D eigenvalue weighted by atomic mass is 19.1. The summed E-state index contributed by atoms with van der Waals surface area (Å²) in [4.78, 5) is 15.5. The van der Waals surface area contributed by atoms with Gasteiger partial charge >= 0.3 is 5.97 Å². The molecular weight excluding hydrogens is 304 g/mol. The van der Waals surface area contributed by atoms with E-state index in [-0.39, 0.29) is 17.2 Å². The van der Waals surface area contributed by atoms with Crippen molar-refractivity contribution in [1.29, 1.82) is 0 Å². The Morgan fingerprint density at radius 2 is 1.87 bits per heavy atom. The Hall–Kier alpha value is -3.02. The Morgan fingerprint density at radius 3 is 2.52 bits per heavy atom. The van der Waals surface area contributed by atoms with E-state index in [1.165, 1.54) is 19.4 Å². The van der Waals surface area contributed by atoms with Gasteiger partial charge in [0.1, 0.15) is 11.6 Å². The van der Waals surface area contributed by atoms with E-state index in [4.69, 9.17) is 4.42 Å². The molecule has 0 amide bonds. The number of hydrogen-bond donors (Lipinski definition) is 0. The van der Waals surface area contributed by atoms with Gasteiger partial charge in [0.15, 0.2) is 5.76 Å². The molecule has 1 aromatic heterocycles. The lowest BCUT2D eigenvalue weighted by Crippen LogP contribution is -2.00. The second-order valence-electron chi connectivity index (χ2n) is 4.72. The Morgan fingerprint density at radius 1 is 1.13 bits per heavy atom. The lowest BCUT2D eigenvalue weighted by atomic mass is 10.1. The summed E-state index contributed by atoms with van der Waals surface area (Å²) in [6.07, 6.45) is 1.36. The first kappa shape index (κ1) is 14.9. The van der Waals surface area contributed by atoms with Crippen LogP contribution in [0.3, 0.4) is 0 Å². The Kier molecular flexibility index (Phi) is 3.89. The first-order valence-corrected chi connectivity index (χ1v) is 6.68. The highest BCUT2D eigenvalue weighted by Crippen LogP contribution is 2.28. The minimum absolute atomic E-state index is 0.122. The summed E-state index contributed by atoms with van der Waals surface area (Å²) in [5.41, 5.74) is 1.13. The zero-order chi connectivity index (χ0) is 16.4. The molecule has 0 spiro atoms. The number of methoxy groups -OCH3 is 1. The van der Waals surface area contributed by atoms with Gasteiger partial charge in [0, 0.05) is 11.6 Å². The van der Waals surface area contributed by atoms with Crippen LogP contribution < -0.4 is 0 Å². The minimum atomic E-state index is -0.728. The molecule has 0 atom stereocenters. The van der Waals surface area contributed by atoms with E-state index in [0.717, 1.165) is 12.1 Å². The van der Waals surface area contributed by atoms with Gasteiger partial charge in [-0.1, -0.05) is 0 Å². The van der Waals surface area contributed by atoms with Crippen LogP contribution in [0.15, 0.2) is 53.1 Å². The summed E-state index contributed by atoms with van der Waals surface area (Å²) in [6.45, 7) is 0.